The number of hydrogen-bond acceptors (Lipinski definition) is 3. The molecule has 0 fully saturated rings. The molecule has 4 nitrogen and oxygen atoms in total. The summed E-state index contributed by atoms with van der Waals surface area (Å²) in [6.45, 7) is 1.77. The summed E-state index contributed by atoms with van der Waals surface area (Å²) in [6, 6.07) is 5.10. The number of nitrogen functional groups attached to an aromatic ring is 1. The van der Waals surface area contributed by atoms with Gasteiger partial charge in [0, 0.05) is 6.07 Å². The minimum absolute atomic E-state index is 0.211. The summed E-state index contributed by atoms with van der Waals surface area (Å²) in [7, 11) is 1.56. The van der Waals surface area contributed by atoms with Gasteiger partial charge in [-0.25, -0.2) is 0 Å². The predicted octanol–water partition coefficient (Wildman–Crippen LogP) is 1.79. The smallest absolute Gasteiger partial charge is 0.248 e. The van der Waals surface area contributed by atoms with Crippen molar-refractivity contribution in [3.05, 3.63) is 30.4 Å². The van der Waals surface area contributed by atoms with E-state index >= 15 is 0 Å². The Morgan fingerprint density at radius 3 is 2.87 bits per heavy atom. The van der Waals surface area contributed by atoms with Gasteiger partial charge in [-0.05, 0) is 25.1 Å². The molecule has 0 saturated heterocycles. The second kappa shape index (κ2) is 5.05. The molecule has 80 valence electrons. The fourth-order valence-corrected chi connectivity index (χ4v) is 1.10. The zero-order valence-electron chi connectivity index (χ0n) is 8.78. The van der Waals surface area contributed by atoms with Crippen LogP contribution in [-0.2, 0) is 4.79 Å². The van der Waals surface area contributed by atoms with E-state index in [2.05, 4.69) is 5.32 Å². The van der Waals surface area contributed by atoms with E-state index < -0.39 is 0 Å². The number of ether oxygens (including phenoxy) is 1. The average molecular weight is 206 g/mol. The lowest BCUT2D eigenvalue weighted by Crippen LogP contribution is -2.09. The summed E-state index contributed by atoms with van der Waals surface area (Å²) in [5.41, 5.74) is 6.76. The number of nitrogens with two attached hydrogens (primary N) is 1. The van der Waals surface area contributed by atoms with Crippen LogP contribution in [0.1, 0.15) is 6.92 Å². The quantitative estimate of drug-likeness (QED) is 0.585. The molecule has 0 radical (unpaired) electrons. The lowest BCUT2D eigenvalue weighted by Gasteiger charge is -2.08. The summed E-state index contributed by atoms with van der Waals surface area (Å²) < 4.78 is 5.03. The van der Waals surface area contributed by atoms with Gasteiger partial charge < -0.3 is 15.8 Å². The maximum Gasteiger partial charge on any atom is 0.248 e. The van der Waals surface area contributed by atoms with Crippen molar-refractivity contribution >= 4 is 17.3 Å². The van der Waals surface area contributed by atoms with E-state index in [4.69, 9.17) is 10.5 Å². The molecule has 15 heavy (non-hydrogen) atoms. The third-order valence-electron chi connectivity index (χ3n) is 1.84. The lowest BCUT2D eigenvalue weighted by atomic mass is 10.2. The maximum atomic E-state index is 11.3. The molecule has 1 aromatic carbocycles. The van der Waals surface area contributed by atoms with E-state index in [0.717, 1.165) is 0 Å². The molecule has 0 spiro atoms. The first-order valence-corrected chi connectivity index (χ1v) is 4.54. The van der Waals surface area contributed by atoms with Crippen molar-refractivity contribution in [2.24, 2.45) is 0 Å². The van der Waals surface area contributed by atoms with E-state index in [1.54, 1.807) is 38.3 Å². The molecule has 0 aliphatic rings. The van der Waals surface area contributed by atoms with Crippen LogP contribution >= 0.6 is 0 Å². The van der Waals surface area contributed by atoms with Crippen molar-refractivity contribution in [3.8, 4) is 5.75 Å². The number of methoxy groups -OCH3 is 1. The highest BCUT2D eigenvalue weighted by Gasteiger charge is 2.03. The van der Waals surface area contributed by atoms with Crippen molar-refractivity contribution in [1.29, 1.82) is 0 Å². The normalized spacial score (nSPS) is 10.3. The maximum absolute atomic E-state index is 11.3. The molecular formula is C11H14N2O2. The van der Waals surface area contributed by atoms with Crippen LogP contribution in [0.3, 0.4) is 0 Å². The number of nitrogens with one attached hydrogen (secondary N) is 1. The second-order valence-corrected chi connectivity index (χ2v) is 2.94. The number of hydrogen-bond donors (Lipinski definition) is 2. The highest BCUT2D eigenvalue weighted by molar-refractivity contribution is 6.01. The number of benzene rings is 1. The molecule has 0 aliphatic carbocycles. The van der Waals surface area contributed by atoms with Gasteiger partial charge in [0.25, 0.3) is 0 Å². The van der Waals surface area contributed by atoms with Gasteiger partial charge in [-0.3, -0.25) is 4.79 Å². The van der Waals surface area contributed by atoms with Gasteiger partial charge in [0.1, 0.15) is 5.75 Å². The van der Waals surface area contributed by atoms with Gasteiger partial charge in [0.15, 0.2) is 0 Å². The van der Waals surface area contributed by atoms with Crippen LogP contribution < -0.4 is 15.8 Å². The first-order chi connectivity index (χ1) is 7.17. The summed E-state index contributed by atoms with van der Waals surface area (Å²) in [5, 5.41) is 2.66. The second-order valence-electron chi connectivity index (χ2n) is 2.94. The number of carbonyl (C=O) groups excluding carboxylic acids is 1. The summed E-state index contributed by atoms with van der Waals surface area (Å²) >= 11 is 0. The molecule has 1 rings (SSSR count). The number of allylic oxidation sites excluding steroid dienone is 1. The van der Waals surface area contributed by atoms with Gasteiger partial charge in [0.05, 0.1) is 18.5 Å². The molecule has 0 unspecified atom stereocenters. The fraction of sp³-hybridized carbons (Fsp3) is 0.182. The number of carbonyl (C=O) groups is 1. The van der Waals surface area contributed by atoms with Gasteiger partial charge in [0.2, 0.25) is 5.91 Å². The van der Waals surface area contributed by atoms with Crippen molar-refractivity contribution in [2.45, 2.75) is 6.92 Å². The molecule has 0 heterocycles. The summed E-state index contributed by atoms with van der Waals surface area (Å²) in [5.74, 6) is 0.442. The first-order valence-electron chi connectivity index (χ1n) is 4.54. The largest absolute Gasteiger partial charge is 0.497 e. The van der Waals surface area contributed by atoms with Crippen molar-refractivity contribution in [3.63, 3.8) is 0 Å². The van der Waals surface area contributed by atoms with Crippen molar-refractivity contribution in [2.75, 3.05) is 18.2 Å². The Balaban J connectivity index is 2.88. The Morgan fingerprint density at radius 1 is 1.53 bits per heavy atom. The lowest BCUT2D eigenvalue weighted by molar-refractivity contribution is -0.111. The third-order valence-corrected chi connectivity index (χ3v) is 1.84. The highest BCUT2D eigenvalue weighted by Crippen LogP contribution is 2.24. The van der Waals surface area contributed by atoms with E-state index in [1.807, 2.05) is 0 Å². The zero-order valence-corrected chi connectivity index (χ0v) is 8.78. The van der Waals surface area contributed by atoms with Crippen LogP contribution in [0.25, 0.3) is 0 Å². The molecule has 0 saturated carbocycles. The minimum atomic E-state index is -0.211. The standard InChI is InChI=1S/C11H14N2O2/c1-3-4-11(14)13-10-7-8(15-2)5-6-9(10)12/h3-7H,12H2,1-2H3,(H,13,14)/b4-3+. The Morgan fingerprint density at radius 2 is 2.27 bits per heavy atom. The average Bonchev–Trinajstić information content (AvgIpc) is 2.21. The number of anilines is 2. The van der Waals surface area contributed by atoms with Gasteiger partial charge in [-0.2, -0.15) is 0 Å². The van der Waals surface area contributed by atoms with Crippen LogP contribution in [-0.4, -0.2) is 13.0 Å². The third kappa shape index (κ3) is 3.02. The molecule has 4 heteroatoms. The fourth-order valence-electron chi connectivity index (χ4n) is 1.10. The van der Waals surface area contributed by atoms with Crippen molar-refractivity contribution in [1.82, 2.24) is 0 Å². The zero-order chi connectivity index (χ0) is 11.3. The SMILES string of the molecule is C/C=C/C(=O)Nc1cc(OC)ccc1N. The molecule has 1 aromatic rings. The minimum Gasteiger partial charge on any atom is -0.497 e. The molecular weight excluding hydrogens is 192 g/mol. The van der Waals surface area contributed by atoms with Crippen LogP contribution in [0.5, 0.6) is 5.75 Å². The predicted molar refractivity (Wildman–Crippen MR) is 60.9 cm³/mol. The molecule has 1 amide bonds. The topological polar surface area (TPSA) is 64.3 Å². The van der Waals surface area contributed by atoms with Crippen LogP contribution in [0.15, 0.2) is 30.4 Å². The van der Waals surface area contributed by atoms with E-state index in [-0.39, 0.29) is 5.91 Å². The molecule has 0 aromatic heterocycles. The Hall–Kier alpha value is -1.97. The van der Waals surface area contributed by atoms with E-state index in [1.165, 1.54) is 6.08 Å². The molecule has 0 atom stereocenters. The Bertz CT molecular complexity index is 386. The number of amides is 1. The Kier molecular flexibility index (Phi) is 3.74. The van der Waals surface area contributed by atoms with E-state index in [9.17, 15) is 4.79 Å². The highest BCUT2D eigenvalue weighted by atomic mass is 16.5. The monoisotopic (exact) mass is 206 g/mol. The van der Waals surface area contributed by atoms with Gasteiger partial charge in [-0.15, -0.1) is 0 Å². The molecule has 0 bridgehead atoms. The molecule has 0 aliphatic heterocycles. The van der Waals surface area contributed by atoms with Crippen LogP contribution in [0, 0.1) is 0 Å². The summed E-state index contributed by atoms with van der Waals surface area (Å²) in [4.78, 5) is 11.3. The van der Waals surface area contributed by atoms with E-state index in [0.29, 0.717) is 17.1 Å². The van der Waals surface area contributed by atoms with Crippen molar-refractivity contribution < 1.29 is 9.53 Å². The number of rotatable bonds is 3. The van der Waals surface area contributed by atoms with Gasteiger partial charge >= 0.3 is 0 Å². The first kappa shape index (κ1) is 11.1. The molecule has 3 N–H and O–H groups in total. The van der Waals surface area contributed by atoms with Crippen LogP contribution in [0.4, 0.5) is 11.4 Å². The Labute approximate surface area is 88.7 Å². The summed E-state index contributed by atoms with van der Waals surface area (Å²) in [6.07, 6.45) is 3.09. The van der Waals surface area contributed by atoms with Crippen LogP contribution in [0.2, 0.25) is 0 Å². The van der Waals surface area contributed by atoms with Gasteiger partial charge in [-0.1, -0.05) is 6.08 Å².